The Balaban J connectivity index is 1.43. The van der Waals surface area contributed by atoms with Crippen molar-refractivity contribution in [1.82, 2.24) is 19.5 Å². The van der Waals surface area contributed by atoms with Crippen LogP contribution in [-0.4, -0.2) is 80.8 Å². The third kappa shape index (κ3) is 6.61. The first-order valence-corrected chi connectivity index (χ1v) is 15.6. The summed E-state index contributed by atoms with van der Waals surface area (Å²) in [6.45, 7) is -0.250. The quantitative estimate of drug-likeness (QED) is 0.104. The van der Waals surface area contributed by atoms with Gasteiger partial charge in [-0.05, 0) is 41.0 Å². The van der Waals surface area contributed by atoms with E-state index in [1.54, 1.807) is 14.2 Å². The van der Waals surface area contributed by atoms with Gasteiger partial charge in [-0.2, -0.15) is 4.98 Å². The number of hydrogen-bond donors (Lipinski definition) is 4. The molecule has 0 amide bonds. The Morgan fingerprint density at radius 3 is 2.12 bits per heavy atom. The summed E-state index contributed by atoms with van der Waals surface area (Å²) in [6, 6.07) is 24.2. The molecule has 2 aromatic heterocycles. The number of carboxylic acids is 1. The summed E-state index contributed by atoms with van der Waals surface area (Å²) in [6.07, 6.45) is -4.88. The summed E-state index contributed by atoms with van der Waals surface area (Å²) in [4.78, 5) is 47.2. The smallest absolute Gasteiger partial charge is 0.306 e. The molecule has 5 N–H and O–H groups in total. The lowest BCUT2D eigenvalue weighted by Gasteiger charge is -2.37. The minimum atomic E-state index is -1.52. The summed E-state index contributed by atoms with van der Waals surface area (Å²) in [5, 5.41) is 20.7. The van der Waals surface area contributed by atoms with Crippen LogP contribution < -0.4 is 20.8 Å². The molecule has 0 unspecified atom stereocenters. The minimum Gasteiger partial charge on any atom is -0.497 e. The fourth-order valence-corrected chi connectivity index (χ4v) is 6.06. The Morgan fingerprint density at radius 2 is 1.54 bits per heavy atom. The third-order valence-electron chi connectivity index (χ3n) is 8.48. The van der Waals surface area contributed by atoms with Crippen molar-refractivity contribution >= 4 is 29.1 Å². The average molecular weight is 686 g/mol. The monoisotopic (exact) mass is 685 g/mol. The molecule has 260 valence electrons. The zero-order valence-electron chi connectivity index (χ0n) is 27.1. The van der Waals surface area contributed by atoms with Crippen LogP contribution in [0.15, 0.2) is 90.0 Å². The fraction of sp³-hybridized carbons (Fsp3) is 0.286. The van der Waals surface area contributed by atoms with Gasteiger partial charge in [0, 0.05) is 0 Å². The number of esters is 1. The lowest BCUT2D eigenvalue weighted by Crippen LogP contribution is -2.41. The zero-order valence-corrected chi connectivity index (χ0v) is 27.1. The molecule has 3 heterocycles. The maximum Gasteiger partial charge on any atom is 0.306 e. The molecule has 3 aromatic carbocycles. The van der Waals surface area contributed by atoms with Gasteiger partial charge in [-0.25, -0.2) is 4.98 Å². The second-order valence-electron chi connectivity index (χ2n) is 11.5. The number of carbonyl (C=O) groups is 2. The summed E-state index contributed by atoms with van der Waals surface area (Å²) >= 11 is 0. The fourth-order valence-electron chi connectivity index (χ4n) is 6.06. The first-order chi connectivity index (χ1) is 24.1. The van der Waals surface area contributed by atoms with Crippen LogP contribution >= 0.6 is 0 Å². The van der Waals surface area contributed by atoms with Crippen LogP contribution in [0.1, 0.15) is 35.8 Å². The summed E-state index contributed by atoms with van der Waals surface area (Å²) in [7, 11) is 3.14. The molecular weight excluding hydrogens is 650 g/mol. The number of aliphatic carboxylic acids is 1. The highest BCUT2D eigenvalue weighted by Crippen LogP contribution is 2.43. The van der Waals surface area contributed by atoms with Crippen LogP contribution in [-0.2, 0) is 29.4 Å². The molecule has 6 rings (SSSR count). The Bertz CT molecular complexity index is 1970. The Kier molecular flexibility index (Phi) is 9.81. The van der Waals surface area contributed by atoms with Gasteiger partial charge in [-0.15, -0.1) is 0 Å². The van der Waals surface area contributed by atoms with E-state index in [1.807, 2.05) is 78.9 Å². The number of nitrogens with two attached hydrogens (primary N) is 1. The normalized spacial score (nSPS) is 18.9. The van der Waals surface area contributed by atoms with E-state index >= 15 is 0 Å². The van der Waals surface area contributed by atoms with Crippen LogP contribution in [0.2, 0.25) is 0 Å². The number of methoxy groups -OCH3 is 2. The molecule has 15 heteroatoms. The number of benzene rings is 3. The van der Waals surface area contributed by atoms with Gasteiger partial charge < -0.3 is 39.6 Å². The van der Waals surface area contributed by atoms with Crippen LogP contribution in [0, 0.1) is 0 Å². The summed E-state index contributed by atoms with van der Waals surface area (Å²) in [5.74, 6) is -0.970. The first-order valence-electron chi connectivity index (χ1n) is 15.6. The summed E-state index contributed by atoms with van der Waals surface area (Å²) < 4.78 is 31.1. The number of aromatic nitrogens is 4. The Hall–Kier alpha value is -5.77. The molecule has 0 aliphatic carbocycles. The highest BCUT2D eigenvalue weighted by molar-refractivity contribution is 5.76. The largest absolute Gasteiger partial charge is 0.497 e. The molecule has 0 spiro atoms. The van der Waals surface area contributed by atoms with E-state index < -0.39 is 60.5 Å². The molecule has 0 bridgehead atoms. The number of nitrogens with one attached hydrogen (secondary N) is 1. The van der Waals surface area contributed by atoms with Crippen molar-refractivity contribution in [2.75, 3.05) is 26.6 Å². The van der Waals surface area contributed by atoms with Crippen LogP contribution in [0.4, 0.5) is 5.95 Å². The zero-order chi connectivity index (χ0) is 35.4. The lowest BCUT2D eigenvalue weighted by atomic mass is 9.80. The van der Waals surface area contributed by atoms with Gasteiger partial charge in [-0.3, -0.25) is 23.9 Å². The number of aromatic amines is 1. The maximum atomic E-state index is 12.9. The molecule has 0 radical (unpaired) electrons. The van der Waals surface area contributed by atoms with E-state index in [4.69, 9.17) is 34.5 Å². The third-order valence-corrected chi connectivity index (χ3v) is 8.48. The number of carbonyl (C=O) groups excluding carboxylic acids is 1. The number of fused-ring (bicyclic) bond motifs is 1. The van der Waals surface area contributed by atoms with Gasteiger partial charge in [0.05, 0.1) is 40.0 Å². The number of hydrogen-bond acceptors (Lipinski definition) is 12. The minimum absolute atomic E-state index is 0.0305. The van der Waals surface area contributed by atoms with Crippen molar-refractivity contribution in [1.29, 1.82) is 0 Å². The lowest BCUT2D eigenvalue weighted by molar-refractivity contribution is -0.160. The molecule has 1 aliphatic rings. The average Bonchev–Trinajstić information content (AvgIpc) is 3.68. The van der Waals surface area contributed by atoms with Crippen molar-refractivity contribution in [3.63, 3.8) is 0 Å². The SMILES string of the molecule is COc1ccc(C(OC[C@H]2O[C@@H](n3cnc4c(=O)[nH]c(N)nc43)[C@H](O)[C@@H]2OC(=O)CCC(=O)O)(c2ccccc2)c2ccc(OC)cc2)cc1. The van der Waals surface area contributed by atoms with Crippen molar-refractivity contribution in [3.8, 4) is 11.5 Å². The molecule has 1 saturated heterocycles. The van der Waals surface area contributed by atoms with E-state index in [0.717, 1.165) is 16.7 Å². The predicted octanol–water partition coefficient (Wildman–Crippen LogP) is 2.76. The van der Waals surface area contributed by atoms with Gasteiger partial charge in [0.25, 0.3) is 5.56 Å². The van der Waals surface area contributed by atoms with E-state index in [2.05, 4.69) is 15.0 Å². The Morgan fingerprint density at radius 1 is 0.940 bits per heavy atom. The number of ether oxygens (including phenoxy) is 5. The van der Waals surface area contributed by atoms with Crippen LogP contribution in [0.5, 0.6) is 11.5 Å². The second-order valence-corrected chi connectivity index (χ2v) is 11.5. The molecule has 1 fully saturated rings. The van der Waals surface area contributed by atoms with Gasteiger partial charge in [0.15, 0.2) is 23.5 Å². The number of anilines is 1. The molecule has 0 saturated carbocycles. The van der Waals surface area contributed by atoms with Crippen LogP contribution in [0.25, 0.3) is 11.2 Å². The number of aliphatic hydroxyl groups excluding tert-OH is 1. The van der Waals surface area contributed by atoms with Gasteiger partial charge in [0.2, 0.25) is 5.95 Å². The number of rotatable bonds is 13. The number of H-pyrrole nitrogens is 1. The Labute approximate surface area is 285 Å². The first kappa shape index (κ1) is 34.1. The predicted molar refractivity (Wildman–Crippen MR) is 177 cm³/mol. The van der Waals surface area contributed by atoms with Crippen molar-refractivity contribution in [2.24, 2.45) is 0 Å². The second kappa shape index (κ2) is 14.4. The van der Waals surface area contributed by atoms with Gasteiger partial charge in [0.1, 0.15) is 29.3 Å². The maximum absolute atomic E-state index is 12.9. The highest BCUT2D eigenvalue weighted by atomic mass is 16.6. The molecule has 1 aliphatic heterocycles. The molecule has 5 aromatic rings. The molecule has 50 heavy (non-hydrogen) atoms. The van der Waals surface area contributed by atoms with Crippen LogP contribution in [0.3, 0.4) is 0 Å². The molecule has 15 nitrogen and oxygen atoms in total. The number of carboxylic acid groups (broad SMARTS) is 1. The summed E-state index contributed by atoms with van der Waals surface area (Å²) in [5.41, 5.74) is 6.09. The van der Waals surface area contributed by atoms with E-state index in [9.17, 15) is 19.5 Å². The van der Waals surface area contributed by atoms with Crippen molar-refractivity contribution in [3.05, 3.63) is 112 Å². The van der Waals surface area contributed by atoms with E-state index in [1.165, 1.54) is 10.9 Å². The topological polar surface area (TPSA) is 210 Å². The van der Waals surface area contributed by atoms with Crippen molar-refractivity contribution < 1.29 is 43.5 Å². The van der Waals surface area contributed by atoms with Gasteiger partial charge >= 0.3 is 11.9 Å². The molecule has 4 atom stereocenters. The standard InChI is InChI=1S/C35H35N5O10/c1-46-23-12-8-21(9-13-23)35(20-6-4-3-5-7-20,22-10-14-24(47-2)15-11-22)48-18-25-30(50-27(43)17-16-26(41)42)29(44)33(49-25)40-19-37-28-31(40)38-34(36)39-32(28)45/h3-15,19,25,29-30,33,44H,16-18H2,1-2H3,(H,41,42)(H3,36,38,39,45)/t25-,29-,30-,33-/m1/s1. The number of nitrogens with zero attached hydrogens (tertiary/aromatic N) is 3. The van der Waals surface area contributed by atoms with E-state index in [0.29, 0.717) is 11.5 Å². The van der Waals surface area contributed by atoms with Crippen molar-refractivity contribution in [2.45, 2.75) is 43.0 Å². The van der Waals surface area contributed by atoms with Gasteiger partial charge in [-0.1, -0.05) is 54.6 Å². The highest BCUT2D eigenvalue weighted by Gasteiger charge is 2.49. The number of imidazole rings is 1. The number of nitrogen functional groups attached to an aromatic ring is 1. The van der Waals surface area contributed by atoms with E-state index in [-0.39, 0.29) is 23.7 Å². The number of aliphatic hydroxyl groups is 1. The molecular formula is C35H35N5O10.